The molecule has 0 aromatic heterocycles. The van der Waals surface area contributed by atoms with E-state index in [2.05, 4.69) is 0 Å². The predicted octanol–water partition coefficient (Wildman–Crippen LogP) is 2.95. The molecule has 0 spiro atoms. The fraction of sp³-hybridized carbons (Fsp3) is 0.364. The van der Waals surface area contributed by atoms with Crippen molar-refractivity contribution >= 4 is 17.4 Å². The van der Waals surface area contributed by atoms with Crippen LogP contribution in [-0.2, 0) is 11.2 Å². The molecule has 2 rings (SSSR count). The average molecular weight is 213 g/mol. The molecule has 0 bridgehead atoms. The number of halogens is 2. The largest absolute Gasteiger partial charge is 0.296 e. The number of ketones is 1. The van der Waals surface area contributed by atoms with Gasteiger partial charge in [0.25, 0.3) is 0 Å². The van der Waals surface area contributed by atoms with Crippen molar-refractivity contribution in [2.75, 3.05) is 0 Å². The normalized spacial score (nSPS) is 17.9. The van der Waals surface area contributed by atoms with Gasteiger partial charge in [-0.05, 0) is 24.5 Å². The molecular formula is C11H10ClFO. The summed E-state index contributed by atoms with van der Waals surface area (Å²) in [6.07, 6.45) is 0.850. The van der Waals surface area contributed by atoms with E-state index in [1.807, 2.05) is 0 Å². The first-order valence-corrected chi connectivity index (χ1v) is 4.95. The predicted molar refractivity (Wildman–Crippen MR) is 53.2 cm³/mol. The third-order valence-corrected chi connectivity index (χ3v) is 2.87. The Hall–Kier alpha value is -0.890. The number of hydrogen-bond donors (Lipinski definition) is 0. The third-order valence-electron chi connectivity index (χ3n) is 2.50. The number of carbonyl (C=O) groups is 1. The number of hydrogen-bond acceptors (Lipinski definition) is 1. The minimum atomic E-state index is -1.54. The molecule has 0 amide bonds. The van der Waals surface area contributed by atoms with Gasteiger partial charge in [-0.3, -0.25) is 4.79 Å². The molecule has 14 heavy (non-hydrogen) atoms. The highest BCUT2D eigenvalue weighted by Crippen LogP contribution is 2.41. The summed E-state index contributed by atoms with van der Waals surface area (Å²) >= 11 is 5.86. The van der Waals surface area contributed by atoms with E-state index in [0.29, 0.717) is 23.4 Å². The first-order chi connectivity index (χ1) is 6.62. The smallest absolute Gasteiger partial charge is 0.174 e. The van der Waals surface area contributed by atoms with Crippen molar-refractivity contribution in [1.29, 1.82) is 0 Å². The zero-order chi connectivity index (χ0) is 10.2. The Bertz CT molecular complexity index is 371. The highest BCUT2D eigenvalue weighted by Gasteiger charge is 2.49. The van der Waals surface area contributed by atoms with Crippen LogP contribution in [0.1, 0.15) is 18.4 Å². The maximum atomic E-state index is 13.3. The van der Waals surface area contributed by atoms with Crippen molar-refractivity contribution in [3.05, 3.63) is 34.9 Å². The van der Waals surface area contributed by atoms with Gasteiger partial charge in [-0.1, -0.05) is 29.8 Å². The van der Waals surface area contributed by atoms with Gasteiger partial charge in [0.05, 0.1) is 0 Å². The minimum Gasteiger partial charge on any atom is -0.296 e. The van der Waals surface area contributed by atoms with Crippen LogP contribution in [-0.4, -0.2) is 11.5 Å². The molecule has 0 atom stereocenters. The Morgan fingerprint density at radius 1 is 1.43 bits per heavy atom. The molecule has 74 valence electrons. The maximum absolute atomic E-state index is 13.3. The minimum absolute atomic E-state index is 0.107. The lowest BCUT2D eigenvalue weighted by Crippen LogP contribution is -2.19. The van der Waals surface area contributed by atoms with Crippen molar-refractivity contribution in [2.45, 2.75) is 24.9 Å². The van der Waals surface area contributed by atoms with E-state index in [-0.39, 0.29) is 12.2 Å². The van der Waals surface area contributed by atoms with Crippen LogP contribution in [0, 0.1) is 0 Å². The molecule has 1 aliphatic rings. The van der Waals surface area contributed by atoms with Gasteiger partial charge in [-0.25, -0.2) is 4.39 Å². The van der Waals surface area contributed by atoms with Crippen molar-refractivity contribution in [1.82, 2.24) is 0 Å². The quantitative estimate of drug-likeness (QED) is 0.753. The van der Waals surface area contributed by atoms with Gasteiger partial charge < -0.3 is 0 Å². The Labute approximate surface area is 86.9 Å². The molecule has 0 N–H and O–H groups in total. The Balaban J connectivity index is 2.11. The molecule has 0 unspecified atom stereocenters. The van der Waals surface area contributed by atoms with E-state index in [1.54, 1.807) is 24.3 Å². The lowest BCUT2D eigenvalue weighted by Gasteiger charge is -2.05. The van der Waals surface area contributed by atoms with E-state index in [9.17, 15) is 9.18 Å². The van der Waals surface area contributed by atoms with Crippen LogP contribution < -0.4 is 0 Å². The zero-order valence-electron chi connectivity index (χ0n) is 7.59. The molecule has 1 aromatic rings. The number of rotatable bonds is 3. The lowest BCUT2D eigenvalue weighted by atomic mass is 10.1. The fourth-order valence-corrected chi connectivity index (χ4v) is 1.56. The molecule has 1 aliphatic carbocycles. The molecule has 0 heterocycles. The Morgan fingerprint density at radius 2 is 2.07 bits per heavy atom. The Morgan fingerprint density at radius 3 is 2.64 bits per heavy atom. The second-order valence-corrected chi connectivity index (χ2v) is 4.06. The monoisotopic (exact) mass is 212 g/mol. The third kappa shape index (κ3) is 1.80. The van der Waals surface area contributed by atoms with E-state index < -0.39 is 5.67 Å². The van der Waals surface area contributed by atoms with Gasteiger partial charge in [-0.2, -0.15) is 0 Å². The van der Waals surface area contributed by atoms with Gasteiger partial charge in [0.15, 0.2) is 11.5 Å². The number of Topliss-reactive ketones (excluding diaryl/α,β-unsaturated/α-hetero) is 1. The van der Waals surface area contributed by atoms with Gasteiger partial charge >= 0.3 is 0 Å². The van der Waals surface area contributed by atoms with Crippen LogP contribution in [0.15, 0.2) is 24.3 Å². The first kappa shape index (κ1) is 9.66. The average Bonchev–Trinajstić information content (AvgIpc) is 2.89. The highest BCUT2D eigenvalue weighted by atomic mass is 35.5. The molecule has 0 radical (unpaired) electrons. The summed E-state index contributed by atoms with van der Waals surface area (Å²) in [6, 6.07) is 7.05. The van der Waals surface area contributed by atoms with Crippen molar-refractivity contribution in [3.63, 3.8) is 0 Å². The fourth-order valence-electron chi connectivity index (χ4n) is 1.36. The summed E-state index contributed by atoms with van der Waals surface area (Å²) in [5.41, 5.74) is -0.831. The summed E-state index contributed by atoms with van der Waals surface area (Å²) in [7, 11) is 0. The SMILES string of the molecule is O=C(Cc1ccccc1Cl)C1(F)CC1. The summed E-state index contributed by atoms with van der Waals surface area (Å²) in [5, 5.41) is 0.533. The molecular weight excluding hydrogens is 203 g/mol. The van der Waals surface area contributed by atoms with Crippen LogP contribution in [0.5, 0.6) is 0 Å². The van der Waals surface area contributed by atoms with E-state index in [0.717, 1.165) is 0 Å². The summed E-state index contributed by atoms with van der Waals surface area (Å²) in [6.45, 7) is 0. The molecule has 1 saturated carbocycles. The van der Waals surface area contributed by atoms with Crippen LogP contribution in [0.3, 0.4) is 0 Å². The topological polar surface area (TPSA) is 17.1 Å². The number of carbonyl (C=O) groups excluding carboxylic acids is 1. The molecule has 1 fully saturated rings. The van der Waals surface area contributed by atoms with Crippen LogP contribution >= 0.6 is 11.6 Å². The van der Waals surface area contributed by atoms with Crippen LogP contribution in [0.2, 0.25) is 5.02 Å². The second-order valence-electron chi connectivity index (χ2n) is 3.66. The summed E-state index contributed by atoms with van der Waals surface area (Å²) in [4.78, 5) is 11.4. The van der Waals surface area contributed by atoms with Gasteiger partial charge in [0, 0.05) is 11.4 Å². The summed E-state index contributed by atoms with van der Waals surface area (Å²) < 4.78 is 13.3. The van der Waals surface area contributed by atoms with Crippen LogP contribution in [0.4, 0.5) is 4.39 Å². The van der Waals surface area contributed by atoms with Gasteiger partial charge in [0.2, 0.25) is 0 Å². The standard InChI is InChI=1S/C11H10ClFO/c12-9-4-2-1-3-8(9)7-10(14)11(13)5-6-11/h1-4H,5-7H2. The highest BCUT2D eigenvalue weighted by molar-refractivity contribution is 6.31. The van der Waals surface area contributed by atoms with Crippen molar-refractivity contribution in [2.24, 2.45) is 0 Å². The number of benzene rings is 1. The molecule has 0 saturated heterocycles. The molecule has 0 aliphatic heterocycles. The van der Waals surface area contributed by atoms with E-state index in [4.69, 9.17) is 11.6 Å². The maximum Gasteiger partial charge on any atom is 0.174 e. The van der Waals surface area contributed by atoms with Crippen molar-refractivity contribution < 1.29 is 9.18 Å². The van der Waals surface area contributed by atoms with E-state index in [1.165, 1.54) is 0 Å². The van der Waals surface area contributed by atoms with Crippen LogP contribution in [0.25, 0.3) is 0 Å². The lowest BCUT2D eigenvalue weighted by molar-refractivity contribution is -0.124. The first-order valence-electron chi connectivity index (χ1n) is 4.57. The van der Waals surface area contributed by atoms with Gasteiger partial charge in [-0.15, -0.1) is 0 Å². The van der Waals surface area contributed by atoms with Crippen molar-refractivity contribution in [3.8, 4) is 0 Å². The molecule has 3 heteroatoms. The van der Waals surface area contributed by atoms with Gasteiger partial charge in [0.1, 0.15) is 0 Å². The van der Waals surface area contributed by atoms with E-state index >= 15 is 0 Å². The summed E-state index contributed by atoms with van der Waals surface area (Å²) in [5.74, 6) is -0.342. The number of alkyl halides is 1. The zero-order valence-corrected chi connectivity index (χ0v) is 8.35. The molecule has 1 nitrogen and oxygen atoms in total. The second kappa shape index (κ2) is 3.35. The molecule has 1 aromatic carbocycles. The Kier molecular flexibility index (Phi) is 2.31.